The molecular formula is C11H16N4O2S. The molecule has 1 aromatic rings. The second-order valence-corrected chi connectivity index (χ2v) is 5.10. The standard InChI is InChI=1S/C11H16N4O2S/c12-8(4-7-5-18-6-14-7)11(17)15-3-1-2-9(15)10(13)16/h5-6,8-9H,1-4,12H2,(H2,13,16)/t8-,9-/m0/s1. The van der Waals surface area contributed by atoms with E-state index >= 15 is 0 Å². The first-order valence-electron chi connectivity index (χ1n) is 5.82. The van der Waals surface area contributed by atoms with Crippen LogP contribution in [0.15, 0.2) is 10.9 Å². The zero-order valence-electron chi connectivity index (χ0n) is 9.91. The molecular weight excluding hydrogens is 252 g/mol. The summed E-state index contributed by atoms with van der Waals surface area (Å²) in [7, 11) is 0. The largest absolute Gasteiger partial charge is 0.368 e. The van der Waals surface area contributed by atoms with Gasteiger partial charge in [-0.05, 0) is 12.8 Å². The maximum atomic E-state index is 12.2. The molecule has 2 heterocycles. The van der Waals surface area contributed by atoms with Crippen LogP contribution in [0.4, 0.5) is 0 Å². The molecule has 2 rings (SSSR count). The van der Waals surface area contributed by atoms with Crippen LogP contribution in [0.25, 0.3) is 0 Å². The summed E-state index contributed by atoms with van der Waals surface area (Å²) in [6.07, 6.45) is 1.82. The molecule has 1 fully saturated rings. The second kappa shape index (κ2) is 5.45. The van der Waals surface area contributed by atoms with Crippen molar-refractivity contribution in [2.75, 3.05) is 6.54 Å². The Kier molecular flexibility index (Phi) is 3.93. The van der Waals surface area contributed by atoms with E-state index in [2.05, 4.69) is 4.98 Å². The first-order valence-corrected chi connectivity index (χ1v) is 6.76. The number of nitrogens with two attached hydrogens (primary N) is 2. The monoisotopic (exact) mass is 268 g/mol. The van der Waals surface area contributed by atoms with Gasteiger partial charge in [0.2, 0.25) is 11.8 Å². The molecule has 4 N–H and O–H groups in total. The molecule has 6 nitrogen and oxygen atoms in total. The van der Waals surface area contributed by atoms with E-state index in [0.29, 0.717) is 19.4 Å². The third-order valence-electron chi connectivity index (χ3n) is 3.09. The van der Waals surface area contributed by atoms with Gasteiger partial charge in [0.15, 0.2) is 0 Å². The van der Waals surface area contributed by atoms with Crippen molar-refractivity contribution in [3.05, 3.63) is 16.6 Å². The average Bonchev–Trinajstić information content (AvgIpc) is 2.97. The molecule has 0 bridgehead atoms. The van der Waals surface area contributed by atoms with Gasteiger partial charge in [0.05, 0.1) is 17.2 Å². The fraction of sp³-hybridized carbons (Fsp3) is 0.545. The Bertz CT molecular complexity index is 434. The second-order valence-electron chi connectivity index (χ2n) is 4.38. The maximum Gasteiger partial charge on any atom is 0.240 e. The maximum absolute atomic E-state index is 12.2. The summed E-state index contributed by atoms with van der Waals surface area (Å²) in [5.74, 6) is -0.675. The van der Waals surface area contributed by atoms with Crippen LogP contribution in [0, 0.1) is 0 Å². The van der Waals surface area contributed by atoms with Crippen molar-refractivity contribution in [2.45, 2.75) is 31.3 Å². The molecule has 0 radical (unpaired) electrons. The van der Waals surface area contributed by atoms with Gasteiger partial charge in [0, 0.05) is 18.3 Å². The van der Waals surface area contributed by atoms with E-state index in [1.54, 1.807) is 5.51 Å². The number of hydrogen-bond acceptors (Lipinski definition) is 5. The Hall–Kier alpha value is -1.47. The molecule has 1 aromatic heterocycles. The van der Waals surface area contributed by atoms with Gasteiger partial charge >= 0.3 is 0 Å². The molecule has 2 atom stereocenters. The van der Waals surface area contributed by atoms with Gasteiger partial charge in [0.25, 0.3) is 0 Å². The van der Waals surface area contributed by atoms with Crippen molar-refractivity contribution in [1.29, 1.82) is 0 Å². The van der Waals surface area contributed by atoms with E-state index in [1.807, 2.05) is 5.38 Å². The average molecular weight is 268 g/mol. The molecule has 1 saturated heterocycles. The van der Waals surface area contributed by atoms with E-state index in [4.69, 9.17) is 11.5 Å². The summed E-state index contributed by atoms with van der Waals surface area (Å²) in [6, 6.07) is -1.16. The highest BCUT2D eigenvalue weighted by molar-refractivity contribution is 7.07. The summed E-state index contributed by atoms with van der Waals surface area (Å²) < 4.78 is 0. The predicted molar refractivity (Wildman–Crippen MR) is 67.7 cm³/mol. The minimum absolute atomic E-state index is 0.218. The van der Waals surface area contributed by atoms with Crippen molar-refractivity contribution in [3.63, 3.8) is 0 Å². The summed E-state index contributed by atoms with van der Waals surface area (Å²) in [5, 5.41) is 1.86. The highest BCUT2D eigenvalue weighted by Crippen LogP contribution is 2.18. The molecule has 7 heteroatoms. The number of aromatic nitrogens is 1. The van der Waals surface area contributed by atoms with Crippen molar-refractivity contribution >= 4 is 23.2 Å². The molecule has 0 aromatic carbocycles. The van der Waals surface area contributed by atoms with Crippen molar-refractivity contribution < 1.29 is 9.59 Å². The molecule has 1 aliphatic heterocycles. The quantitative estimate of drug-likeness (QED) is 0.767. The van der Waals surface area contributed by atoms with Crippen molar-refractivity contribution in [2.24, 2.45) is 11.5 Å². The zero-order chi connectivity index (χ0) is 13.1. The van der Waals surface area contributed by atoms with Crippen molar-refractivity contribution in [3.8, 4) is 0 Å². The Morgan fingerprint density at radius 3 is 3.00 bits per heavy atom. The number of carbonyl (C=O) groups excluding carboxylic acids is 2. The van der Waals surface area contributed by atoms with E-state index in [-0.39, 0.29) is 5.91 Å². The number of nitrogens with zero attached hydrogens (tertiary/aromatic N) is 2. The van der Waals surface area contributed by atoms with Crippen LogP contribution in [0.3, 0.4) is 0 Å². The van der Waals surface area contributed by atoms with E-state index in [1.165, 1.54) is 16.2 Å². The molecule has 98 valence electrons. The Labute approximate surface area is 109 Å². The van der Waals surface area contributed by atoms with Crippen LogP contribution in [0.2, 0.25) is 0 Å². The Morgan fingerprint density at radius 1 is 1.61 bits per heavy atom. The highest BCUT2D eigenvalue weighted by Gasteiger charge is 2.34. The van der Waals surface area contributed by atoms with Gasteiger partial charge in [0.1, 0.15) is 6.04 Å². The molecule has 0 unspecified atom stereocenters. The summed E-state index contributed by atoms with van der Waals surface area (Å²) in [6.45, 7) is 0.553. The van der Waals surface area contributed by atoms with Gasteiger partial charge in [-0.1, -0.05) is 0 Å². The number of carbonyl (C=O) groups is 2. The molecule has 18 heavy (non-hydrogen) atoms. The molecule has 0 saturated carbocycles. The Balaban J connectivity index is 1.99. The number of hydrogen-bond donors (Lipinski definition) is 2. The number of amides is 2. The van der Waals surface area contributed by atoms with Crippen molar-refractivity contribution in [1.82, 2.24) is 9.88 Å². The molecule has 0 aliphatic carbocycles. The minimum atomic E-state index is -0.660. The van der Waals surface area contributed by atoms with Crippen LogP contribution in [-0.4, -0.2) is 40.3 Å². The summed E-state index contributed by atoms with van der Waals surface area (Å²) in [4.78, 5) is 29.0. The zero-order valence-corrected chi connectivity index (χ0v) is 10.7. The third kappa shape index (κ3) is 2.68. The molecule has 2 amide bonds. The SMILES string of the molecule is NC(=O)[C@@H]1CCCN1C(=O)[C@@H](N)Cc1cscn1. The molecule has 1 aliphatic rings. The Morgan fingerprint density at radius 2 is 2.39 bits per heavy atom. The molecule has 0 spiro atoms. The fourth-order valence-electron chi connectivity index (χ4n) is 2.19. The van der Waals surface area contributed by atoms with Gasteiger partial charge in [-0.3, -0.25) is 9.59 Å². The topological polar surface area (TPSA) is 102 Å². The number of rotatable bonds is 4. The van der Waals surface area contributed by atoms with E-state index < -0.39 is 18.0 Å². The van der Waals surface area contributed by atoms with Gasteiger partial charge in [-0.2, -0.15) is 0 Å². The lowest BCUT2D eigenvalue weighted by atomic mass is 10.1. The summed E-state index contributed by atoms with van der Waals surface area (Å²) >= 11 is 1.47. The third-order valence-corrected chi connectivity index (χ3v) is 3.73. The van der Waals surface area contributed by atoms with Gasteiger partial charge in [-0.25, -0.2) is 4.98 Å². The van der Waals surface area contributed by atoms with Gasteiger partial charge < -0.3 is 16.4 Å². The number of primary amides is 1. The number of likely N-dealkylation sites (tertiary alicyclic amines) is 1. The van der Waals surface area contributed by atoms with Gasteiger partial charge in [-0.15, -0.1) is 11.3 Å². The van der Waals surface area contributed by atoms with Crippen LogP contribution in [0.1, 0.15) is 18.5 Å². The van der Waals surface area contributed by atoms with Crippen LogP contribution in [0.5, 0.6) is 0 Å². The lowest BCUT2D eigenvalue weighted by molar-refractivity contribution is -0.138. The summed E-state index contributed by atoms with van der Waals surface area (Å²) in [5.41, 5.74) is 13.7. The van der Waals surface area contributed by atoms with Crippen LogP contribution < -0.4 is 11.5 Å². The highest BCUT2D eigenvalue weighted by atomic mass is 32.1. The minimum Gasteiger partial charge on any atom is -0.368 e. The lowest BCUT2D eigenvalue weighted by Gasteiger charge is -2.25. The smallest absolute Gasteiger partial charge is 0.240 e. The number of thiazole rings is 1. The van der Waals surface area contributed by atoms with Crippen LogP contribution in [-0.2, 0) is 16.0 Å². The van der Waals surface area contributed by atoms with E-state index in [0.717, 1.165) is 12.1 Å². The van der Waals surface area contributed by atoms with Crippen LogP contribution >= 0.6 is 11.3 Å². The first-order chi connectivity index (χ1) is 8.59. The predicted octanol–water partition coefficient (Wildman–Crippen LogP) is -0.511. The first kappa shape index (κ1) is 13.0. The fourth-order valence-corrected chi connectivity index (χ4v) is 2.76. The normalized spacial score (nSPS) is 20.9. The lowest BCUT2D eigenvalue weighted by Crippen LogP contribution is -2.50. The van der Waals surface area contributed by atoms with E-state index in [9.17, 15) is 9.59 Å².